The van der Waals surface area contributed by atoms with Crippen molar-refractivity contribution in [2.45, 2.75) is 50.2 Å². The summed E-state index contributed by atoms with van der Waals surface area (Å²) >= 11 is 10.3. The number of alkyl halides is 4. The molecule has 1 fully saturated rings. The average Bonchev–Trinajstić information content (AvgIpc) is 3.76. The molecular weight excluding hydrogens is 970 g/mol. The number of fused-ring (bicyclic) bond motifs is 5. The van der Waals surface area contributed by atoms with E-state index in [0.29, 0.717) is 26.5 Å². The third kappa shape index (κ3) is 7.89. The number of halogens is 8. The van der Waals surface area contributed by atoms with Crippen LogP contribution < -0.4 is 24.6 Å². The summed E-state index contributed by atoms with van der Waals surface area (Å²) in [5.41, 5.74) is -1.57. The van der Waals surface area contributed by atoms with Gasteiger partial charge >= 0.3 is 0 Å². The number of benzene rings is 4. The lowest BCUT2D eigenvalue weighted by atomic mass is 10.0. The van der Waals surface area contributed by atoms with Crippen molar-refractivity contribution in [3.8, 4) is 11.4 Å². The van der Waals surface area contributed by atoms with E-state index in [1.54, 1.807) is 37.4 Å². The van der Waals surface area contributed by atoms with Gasteiger partial charge in [-0.3, -0.25) is 18.8 Å². The summed E-state index contributed by atoms with van der Waals surface area (Å²) in [7, 11) is -0.991. The molecule has 13 nitrogen and oxygen atoms in total. The Bertz CT molecular complexity index is 3250. The first-order chi connectivity index (χ1) is 30.7. The van der Waals surface area contributed by atoms with Crippen LogP contribution in [0.15, 0.2) is 88.4 Å². The number of imidazole rings is 1. The van der Waals surface area contributed by atoms with Gasteiger partial charge in [-0.2, -0.15) is 13.9 Å². The van der Waals surface area contributed by atoms with Gasteiger partial charge in [0, 0.05) is 28.4 Å². The number of amides is 1. The van der Waals surface area contributed by atoms with Crippen LogP contribution >= 0.6 is 27.5 Å². The highest BCUT2D eigenvalue weighted by molar-refractivity contribution is 9.10. The van der Waals surface area contributed by atoms with Gasteiger partial charge in [0.25, 0.3) is 34.3 Å². The summed E-state index contributed by atoms with van der Waals surface area (Å²) in [6.07, 6.45) is -1.20. The molecule has 3 heterocycles. The number of sulfonamides is 1. The summed E-state index contributed by atoms with van der Waals surface area (Å²) < 4.78 is 127. The van der Waals surface area contributed by atoms with E-state index in [1.165, 1.54) is 46.9 Å². The van der Waals surface area contributed by atoms with Gasteiger partial charge in [-0.15, -0.1) is 9.09 Å². The van der Waals surface area contributed by atoms with Crippen LogP contribution in [0.5, 0.6) is 5.75 Å². The van der Waals surface area contributed by atoms with Crippen molar-refractivity contribution in [2.75, 3.05) is 17.8 Å². The Balaban J connectivity index is 1.22. The maximum Gasteiger partial charge on any atom is 0.293 e. The van der Waals surface area contributed by atoms with Crippen molar-refractivity contribution in [1.29, 1.82) is 0 Å². The number of nitrogens with zero attached hydrogens (tertiary/aromatic N) is 7. The van der Waals surface area contributed by atoms with Crippen LogP contribution in [-0.2, 0) is 47.3 Å². The van der Waals surface area contributed by atoms with Crippen LogP contribution in [0.4, 0.5) is 26.3 Å². The van der Waals surface area contributed by atoms with Crippen molar-refractivity contribution >= 4 is 65.4 Å². The molecule has 1 amide bonds. The topological polar surface area (TPSA) is 137 Å². The maximum absolute atomic E-state index is 15.5. The fourth-order valence-electron chi connectivity index (χ4n) is 8.75. The zero-order chi connectivity index (χ0) is 46.4. The lowest BCUT2D eigenvalue weighted by molar-refractivity contribution is -0.645. The molecule has 338 valence electrons. The van der Waals surface area contributed by atoms with Crippen molar-refractivity contribution in [2.24, 2.45) is 13.0 Å². The summed E-state index contributed by atoms with van der Waals surface area (Å²) in [5.74, 6) is -8.22. The Hall–Kier alpha value is -5.93. The van der Waals surface area contributed by atoms with Crippen molar-refractivity contribution in [1.82, 2.24) is 29.3 Å². The monoisotopic (exact) mass is 1000 g/mol. The van der Waals surface area contributed by atoms with Crippen molar-refractivity contribution < 1.29 is 48.9 Å². The van der Waals surface area contributed by atoms with Crippen molar-refractivity contribution in [3.63, 3.8) is 0 Å². The summed E-state index contributed by atoms with van der Waals surface area (Å²) in [4.78, 5) is 34.0. The molecule has 3 atom stereocenters. The number of rotatable bonds is 13. The average molecular weight is 1010 g/mol. The largest absolute Gasteiger partial charge is 0.497 e. The van der Waals surface area contributed by atoms with Gasteiger partial charge < -0.3 is 10.1 Å². The highest BCUT2D eigenvalue weighted by Crippen LogP contribution is 2.68. The lowest BCUT2D eigenvalue weighted by Gasteiger charge is -2.24. The van der Waals surface area contributed by atoms with Gasteiger partial charge in [0.1, 0.15) is 46.8 Å². The van der Waals surface area contributed by atoms with E-state index in [2.05, 4.69) is 26.3 Å². The van der Waals surface area contributed by atoms with Crippen LogP contribution in [0, 0.1) is 17.6 Å². The van der Waals surface area contributed by atoms with Gasteiger partial charge in [-0.1, -0.05) is 39.7 Å². The Labute approximate surface area is 379 Å². The zero-order valence-corrected chi connectivity index (χ0v) is 37.4. The van der Waals surface area contributed by atoms with Crippen LogP contribution in [0.2, 0.25) is 5.02 Å². The third-order valence-corrected chi connectivity index (χ3v) is 13.5. The number of carbonyl (C=O) groups is 1. The molecule has 22 heteroatoms. The fourth-order valence-corrected chi connectivity index (χ4v) is 10.2. The molecule has 4 aromatic carbocycles. The maximum atomic E-state index is 15.5. The molecule has 3 aromatic heterocycles. The minimum Gasteiger partial charge on any atom is -0.497 e. The van der Waals surface area contributed by atoms with Crippen molar-refractivity contribution in [3.05, 3.63) is 145 Å². The summed E-state index contributed by atoms with van der Waals surface area (Å²) in [6.45, 7) is -1.14. The van der Waals surface area contributed by atoms with Gasteiger partial charge in [-0.05, 0) is 78.1 Å². The first-order valence-corrected chi connectivity index (χ1v) is 22.8. The number of hydrogen-bond donors (Lipinski definition) is 1. The third-order valence-electron chi connectivity index (χ3n) is 11.6. The molecule has 65 heavy (non-hydrogen) atoms. The van der Waals surface area contributed by atoms with E-state index in [9.17, 15) is 35.6 Å². The van der Waals surface area contributed by atoms with E-state index in [4.69, 9.17) is 21.3 Å². The standard InChI is InChI=1S/C43H34BrClF6N8O5S/c1-55-20-57(58(65(3,62)63)18-21-4-7-26(64-2)8-5-21)37-30(45)10-11-33(38(37)55)59-41(53-31-15-23(44)6-9-27(31)42(59)61)32(14-22-12-24(46)16-25(47)13-22)52-34(60)19-56-39-35(36(54-56)40(48)49)28-17-29(28)43(39,50)51/h4-13,15-16,20,28-29,32,40H,14,17-19H2,1-3H3/p+1/t28-,29+,32-/m0/s1. The van der Waals surface area contributed by atoms with E-state index >= 15 is 8.78 Å². The van der Waals surface area contributed by atoms with E-state index < -0.39 is 87.7 Å². The highest BCUT2D eigenvalue weighted by atomic mass is 79.9. The van der Waals surface area contributed by atoms with Gasteiger partial charge in [0.15, 0.2) is 0 Å². The number of aromatic nitrogens is 6. The second kappa shape index (κ2) is 16.2. The highest BCUT2D eigenvalue weighted by Gasteiger charge is 2.67. The SMILES string of the molecule is COc1ccc(CN(n2c[n+](C)c3c(-n4c([C@H](Cc5cc(F)cc(F)c5)NC(=O)Cn5nc(C(F)F)c6c5C(F)(F)[C@@H]5C[C@H]65)nc5cc(Br)ccc5c4=O)ccc(Cl)c32)S(C)(=O)=O)cc1. The summed E-state index contributed by atoms with van der Waals surface area (Å²) in [5, 5.41) is 6.57. The number of nitrogens with one attached hydrogen (secondary N) is 1. The minimum absolute atomic E-state index is 0.000772. The number of ether oxygens (including phenoxy) is 1. The smallest absolute Gasteiger partial charge is 0.293 e. The van der Waals surface area contributed by atoms with E-state index in [1.807, 2.05) is 0 Å². The molecule has 2 aliphatic carbocycles. The molecule has 1 saturated carbocycles. The Kier molecular flexibility index (Phi) is 11.0. The molecule has 0 aliphatic heterocycles. The Morgan fingerprint density at radius 1 is 1.06 bits per heavy atom. The van der Waals surface area contributed by atoms with E-state index in [0.717, 1.165) is 27.4 Å². The van der Waals surface area contributed by atoms with Crippen LogP contribution in [0.1, 0.15) is 58.7 Å². The summed E-state index contributed by atoms with van der Waals surface area (Å²) in [6, 6.07) is 15.3. The lowest BCUT2D eigenvalue weighted by Crippen LogP contribution is -2.40. The number of aryl methyl sites for hydroxylation is 1. The predicted octanol–water partition coefficient (Wildman–Crippen LogP) is 7.41. The number of carbonyl (C=O) groups excluding carboxylic acids is 1. The molecule has 0 bridgehead atoms. The Morgan fingerprint density at radius 2 is 1.77 bits per heavy atom. The fraction of sp³-hybridized carbons (Fsp3) is 0.279. The molecule has 2 aliphatic rings. The van der Waals surface area contributed by atoms with Gasteiger partial charge in [0.05, 0.1) is 48.9 Å². The second-order valence-electron chi connectivity index (χ2n) is 16.0. The minimum atomic E-state index is -4.06. The van der Waals surface area contributed by atoms with E-state index in [-0.39, 0.29) is 62.6 Å². The number of methoxy groups -OCH3 is 1. The molecule has 1 N–H and O–H groups in total. The first-order valence-electron chi connectivity index (χ1n) is 19.8. The predicted molar refractivity (Wildman–Crippen MR) is 229 cm³/mol. The molecule has 0 spiro atoms. The quantitative estimate of drug-likeness (QED) is 0.0939. The first kappa shape index (κ1) is 44.3. The molecule has 0 saturated heterocycles. The zero-order valence-electron chi connectivity index (χ0n) is 34.2. The Morgan fingerprint density at radius 3 is 2.43 bits per heavy atom. The second-order valence-corrected chi connectivity index (χ2v) is 19.2. The van der Waals surface area contributed by atoms with Crippen LogP contribution in [-0.4, -0.2) is 51.7 Å². The van der Waals surface area contributed by atoms with Gasteiger partial charge in [-0.25, -0.2) is 35.5 Å². The van der Waals surface area contributed by atoms with Crippen LogP contribution in [0.25, 0.3) is 27.6 Å². The normalized spacial score (nSPS) is 16.8. The molecule has 7 aromatic rings. The molecule has 9 rings (SSSR count). The molecular formula is C43H35BrClF6N8O5S+. The van der Waals surface area contributed by atoms with Crippen LogP contribution in [0.3, 0.4) is 0 Å². The molecule has 0 unspecified atom stereocenters. The van der Waals surface area contributed by atoms with Gasteiger partial charge in [0.2, 0.25) is 16.9 Å². The number of hydrogen-bond acceptors (Lipinski definition) is 7. The molecule has 0 radical (unpaired) electrons.